The molecule has 0 saturated heterocycles. The Hall–Kier alpha value is -0.940. The first-order chi connectivity index (χ1) is 6.13. The summed E-state index contributed by atoms with van der Waals surface area (Å²) in [5.74, 6) is -0.606. The maximum Gasteiger partial charge on any atom is 0.335 e. The summed E-state index contributed by atoms with van der Waals surface area (Å²) in [6.45, 7) is 1.87. The van der Waals surface area contributed by atoms with Gasteiger partial charge >= 0.3 is 5.97 Å². The minimum absolute atomic E-state index is 0.276. The van der Waals surface area contributed by atoms with E-state index in [-0.39, 0.29) is 6.42 Å². The van der Waals surface area contributed by atoms with Crippen LogP contribution in [0, 0.1) is 6.92 Å². The maximum atomic E-state index is 10.8. The summed E-state index contributed by atoms with van der Waals surface area (Å²) in [5, 5.41) is 10.2. The van der Waals surface area contributed by atoms with Crippen LogP contribution < -0.4 is 0 Å². The first-order valence-corrected chi connectivity index (χ1v) is 4.62. The lowest BCUT2D eigenvalue weighted by molar-refractivity contribution is -0.150. The van der Waals surface area contributed by atoms with Crippen molar-refractivity contribution in [1.82, 2.24) is 4.98 Å². The molecule has 5 heteroatoms. The van der Waals surface area contributed by atoms with Crippen LogP contribution in [0.3, 0.4) is 0 Å². The van der Waals surface area contributed by atoms with Gasteiger partial charge in [0, 0.05) is 17.5 Å². The largest absolute Gasteiger partial charge is 0.467 e. The van der Waals surface area contributed by atoms with E-state index in [2.05, 4.69) is 9.72 Å². The van der Waals surface area contributed by atoms with Gasteiger partial charge in [-0.15, -0.1) is 11.3 Å². The van der Waals surface area contributed by atoms with Crippen LogP contribution in [-0.2, 0) is 16.0 Å². The Labute approximate surface area is 80.2 Å². The molecule has 72 valence electrons. The highest BCUT2D eigenvalue weighted by atomic mass is 32.1. The number of thiazole rings is 1. The van der Waals surface area contributed by atoms with Gasteiger partial charge in [-0.05, 0) is 6.92 Å². The van der Waals surface area contributed by atoms with Crippen molar-refractivity contribution in [3.63, 3.8) is 0 Å². The molecule has 4 nitrogen and oxygen atoms in total. The van der Waals surface area contributed by atoms with Crippen LogP contribution in [0.25, 0.3) is 0 Å². The molecule has 1 rings (SSSR count). The number of rotatable bonds is 3. The number of carbonyl (C=O) groups excluding carboxylic acids is 1. The average molecular weight is 201 g/mol. The monoisotopic (exact) mass is 201 g/mol. The van der Waals surface area contributed by atoms with E-state index < -0.39 is 12.1 Å². The zero-order valence-electron chi connectivity index (χ0n) is 7.48. The van der Waals surface area contributed by atoms with Crippen molar-refractivity contribution in [1.29, 1.82) is 0 Å². The van der Waals surface area contributed by atoms with Crippen molar-refractivity contribution in [2.24, 2.45) is 0 Å². The molecular weight excluding hydrogens is 190 g/mol. The Balaban J connectivity index is 2.54. The summed E-state index contributed by atoms with van der Waals surface area (Å²) < 4.78 is 4.39. The van der Waals surface area contributed by atoms with E-state index in [1.807, 2.05) is 6.92 Å². The molecule has 0 aromatic carbocycles. The fraction of sp³-hybridized carbons (Fsp3) is 0.500. The maximum absolute atomic E-state index is 10.8. The van der Waals surface area contributed by atoms with Gasteiger partial charge in [0.15, 0.2) is 6.10 Å². The van der Waals surface area contributed by atoms with E-state index in [1.54, 1.807) is 6.20 Å². The third-order valence-corrected chi connectivity index (χ3v) is 2.47. The average Bonchev–Trinajstić information content (AvgIpc) is 2.49. The summed E-state index contributed by atoms with van der Waals surface area (Å²) in [6, 6.07) is 0. The molecule has 0 spiro atoms. The molecule has 1 aromatic rings. The molecule has 0 aliphatic carbocycles. The van der Waals surface area contributed by atoms with Gasteiger partial charge in [-0.2, -0.15) is 0 Å². The van der Waals surface area contributed by atoms with Crippen molar-refractivity contribution < 1.29 is 14.6 Å². The minimum atomic E-state index is -1.08. The number of aromatic nitrogens is 1. The number of aliphatic hydroxyl groups excluding tert-OH is 1. The minimum Gasteiger partial charge on any atom is -0.467 e. The smallest absolute Gasteiger partial charge is 0.335 e. The van der Waals surface area contributed by atoms with Gasteiger partial charge in [0.1, 0.15) is 0 Å². The van der Waals surface area contributed by atoms with Crippen LogP contribution in [0.15, 0.2) is 6.20 Å². The number of nitrogens with zero attached hydrogens (tertiary/aromatic N) is 1. The number of ether oxygens (including phenoxy) is 1. The lowest BCUT2D eigenvalue weighted by Crippen LogP contribution is -2.23. The normalized spacial score (nSPS) is 12.5. The Bertz CT molecular complexity index is 297. The van der Waals surface area contributed by atoms with E-state index in [0.717, 1.165) is 9.88 Å². The second-order valence-corrected chi connectivity index (χ2v) is 3.91. The number of hydrogen-bond donors (Lipinski definition) is 1. The molecule has 0 amide bonds. The van der Waals surface area contributed by atoms with Crippen LogP contribution in [-0.4, -0.2) is 29.3 Å². The third-order valence-electron chi connectivity index (χ3n) is 1.54. The van der Waals surface area contributed by atoms with Crippen LogP contribution in [0.2, 0.25) is 0 Å². The van der Waals surface area contributed by atoms with Crippen LogP contribution in [0.1, 0.15) is 9.88 Å². The standard InChI is InChI=1S/C8H11NO3S/c1-5-9-4-6(13-5)3-7(10)8(11)12-2/h4,7,10H,3H2,1-2H3. The lowest BCUT2D eigenvalue weighted by Gasteiger charge is -2.05. The Kier molecular flexibility index (Phi) is 3.39. The van der Waals surface area contributed by atoms with E-state index in [1.165, 1.54) is 18.4 Å². The van der Waals surface area contributed by atoms with Gasteiger partial charge in [0.25, 0.3) is 0 Å². The zero-order valence-corrected chi connectivity index (χ0v) is 8.30. The predicted molar refractivity (Wildman–Crippen MR) is 48.6 cm³/mol. The van der Waals surface area contributed by atoms with Gasteiger partial charge < -0.3 is 9.84 Å². The molecule has 0 bridgehead atoms. The highest BCUT2D eigenvalue weighted by molar-refractivity contribution is 7.11. The lowest BCUT2D eigenvalue weighted by atomic mass is 10.2. The van der Waals surface area contributed by atoms with Crippen molar-refractivity contribution in [2.75, 3.05) is 7.11 Å². The highest BCUT2D eigenvalue weighted by Crippen LogP contribution is 2.13. The van der Waals surface area contributed by atoms with Gasteiger partial charge in [-0.25, -0.2) is 9.78 Å². The molecule has 1 heterocycles. The molecule has 13 heavy (non-hydrogen) atoms. The van der Waals surface area contributed by atoms with Gasteiger partial charge in [-0.1, -0.05) is 0 Å². The number of esters is 1. The van der Waals surface area contributed by atoms with Crippen LogP contribution in [0.5, 0.6) is 0 Å². The molecule has 0 fully saturated rings. The van der Waals surface area contributed by atoms with E-state index in [4.69, 9.17) is 0 Å². The molecule has 1 N–H and O–H groups in total. The van der Waals surface area contributed by atoms with Crippen LogP contribution in [0.4, 0.5) is 0 Å². The Morgan fingerprint density at radius 1 is 1.85 bits per heavy atom. The van der Waals surface area contributed by atoms with Crippen LogP contribution >= 0.6 is 11.3 Å². The summed E-state index contributed by atoms with van der Waals surface area (Å²) in [6.07, 6.45) is 0.856. The number of aryl methyl sites for hydroxylation is 1. The van der Waals surface area contributed by atoms with Crippen molar-refractivity contribution in [2.45, 2.75) is 19.4 Å². The molecular formula is C8H11NO3S. The number of carbonyl (C=O) groups is 1. The predicted octanol–water partition coefficient (Wildman–Crippen LogP) is 0.528. The number of hydrogen-bond acceptors (Lipinski definition) is 5. The molecule has 0 aliphatic heterocycles. The molecule has 1 aromatic heterocycles. The second-order valence-electron chi connectivity index (χ2n) is 2.59. The summed E-state index contributed by atoms with van der Waals surface area (Å²) in [5.41, 5.74) is 0. The zero-order chi connectivity index (χ0) is 9.84. The quantitative estimate of drug-likeness (QED) is 0.725. The first kappa shape index (κ1) is 10.1. The molecule has 0 radical (unpaired) electrons. The second kappa shape index (κ2) is 4.34. The van der Waals surface area contributed by atoms with E-state index in [0.29, 0.717) is 0 Å². The first-order valence-electron chi connectivity index (χ1n) is 3.80. The van der Waals surface area contributed by atoms with E-state index >= 15 is 0 Å². The van der Waals surface area contributed by atoms with Crippen molar-refractivity contribution in [3.8, 4) is 0 Å². The third kappa shape index (κ3) is 2.78. The SMILES string of the molecule is COC(=O)C(O)Cc1cnc(C)s1. The summed E-state index contributed by atoms with van der Waals surface area (Å²) in [4.78, 5) is 15.7. The molecule has 0 aliphatic rings. The summed E-state index contributed by atoms with van der Waals surface area (Å²) >= 11 is 1.47. The Morgan fingerprint density at radius 3 is 3.00 bits per heavy atom. The number of aliphatic hydroxyl groups is 1. The molecule has 0 saturated carbocycles. The fourth-order valence-corrected chi connectivity index (χ4v) is 1.74. The molecule has 1 unspecified atom stereocenters. The van der Waals surface area contributed by atoms with Gasteiger partial charge in [-0.3, -0.25) is 0 Å². The van der Waals surface area contributed by atoms with Crippen molar-refractivity contribution in [3.05, 3.63) is 16.1 Å². The summed E-state index contributed by atoms with van der Waals surface area (Å²) in [7, 11) is 1.25. The molecule has 1 atom stereocenters. The van der Waals surface area contributed by atoms with Gasteiger partial charge in [0.2, 0.25) is 0 Å². The highest BCUT2D eigenvalue weighted by Gasteiger charge is 2.16. The number of methoxy groups -OCH3 is 1. The van der Waals surface area contributed by atoms with E-state index in [9.17, 15) is 9.90 Å². The Morgan fingerprint density at radius 2 is 2.54 bits per heavy atom. The van der Waals surface area contributed by atoms with Gasteiger partial charge in [0.05, 0.1) is 12.1 Å². The fourth-order valence-electron chi connectivity index (χ4n) is 0.910. The topological polar surface area (TPSA) is 59.4 Å². The van der Waals surface area contributed by atoms with Crippen molar-refractivity contribution >= 4 is 17.3 Å².